The van der Waals surface area contributed by atoms with Gasteiger partial charge in [-0.05, 0) is 52.1 Å². The van der Waals surface area contributed by atoms with E-state index in [9.17, 15) is 4.79 Å². The normalized spacial score (nSPS) is 19.9. The molecule has 2 nitrogen and oxygen atoms in total. The van der Waals surface area contributed by atoms with Gasteiger partial charge in [0, 0.05) is 11.7 Å². The van der Waals surface area contributed by atoms with E-state index in [0.717, 1.165) is 24.6 Å². The maximum atomic E-state index is 10.8. The third-order valence-electron chi connectivity index (χ3n) is 2.87. The Bertz CT molecular complexity index is 176. The summed E-state index contributed by atoms with van der Waals surface area (Å²) in [5, 5.41) is 0.874. The number of ketones is 1. The van der Waals surface area contributed by atoms with Crippen LogP contribution in [0, 0.1) is 0 Å². The fraction of sp³-hybridized carbons (Fsp3) is 0.909. The minimum absolute atomic E-state index is 0.323. The Balaban J connectivity index is 2.07. The van der Waals surface area contributed by atoms with Crippen molar-refractivity contribution >= 4 is 17.5 Å². The molecule has 0 aromatic rings. The molecule has 0 N–H and O–H groups in total. The van der Waals surface area contributed by atoms with E-state index < -0.39 is 0 Å². The summed E-state index contributed by atoms with van der Waals surface area (Å²) in [6, 6.07) is 0. The number of carbonyl (C=O) groups excluding carboxylic acids is 1. The molecule has 82 valence electrons. The highest BCUT2D eigenvalue weighted by Gasteiger charge is 2.17. The molecule has 0 amide bonds. The van der Waals surface area contributed by atoms with Gasteiger partial charge in [-0.2, -0.15) is 11.8 Å². The van der Waals surface area contributed by atoms with E-state index in [0.29, 0.717) is 5.78 Å². The third kappa shape index (κ3) is 4.47. The lowest BCUT2D eigenvalue weighted by atomic mass is 10.1. The lowest BCUT2D eigenvalue weighted by molar-refractivity contribution is -0.117. The predicted molar refractivity (Wildman–Crippen MR) is 62.9 cm³/mol. The second-order valence-corrected chi connectivity index (χ2v) is 5.22. The molecule has 0 aromatic carbocycles. The van der Waals surface area contributed by atoms with Gasteiger partial charge >= 0.3 is 0 Å². The van der Waals surface area contributed by atoms with Crippen molar-refractivity contribution < 1.29 is 4.79 Å². The van der Waals surface area contributed by atoms with E-state index in [2.05, 4.69) is 11.2 Å². The lowest BCUT2D eigenvalue weighted by Gasteiger charge is -2.30. The summed E-state index contributed by atoms with van der Waals surface area (Å²) < 4.78 is 0. The second-order valence-electron chi connectivity index (χ2n) is 4.08. The molecule has 1 fully saturated rings. The zero-order valence-corrected chi connectivity index (χ0v) is 10.1. The Labute approximate surface area is 91.4 Å². The molecule has 1 saturated heterocycles. The largest absolute Gasteiger partial charge is 0.303 e. The number of piperidine rings is 1. The van der Waals surface area contributed by atoms with Gasteiger partial charge in [0.05, 0.1) is 0 Å². The summed E-state index contributed by atoms with van der Waals surface area (Å²) >= 11 is 2.00. The summed E-state index contributed by atoms with van der Waals surface area (Å²) in [6.07, 6.45) is 6.64. The highest BCUT2D eigenvalue weighted by molar-refractivity contribution is 7.99. The zero-order chi connectivity index (χ0) is 10.4. The highest BCUT2D eigenvalue weighted by atomic mass is 32.2. The van der Waals surface area contributed by atoms with Crippen molar-refractivity contribution in [2.45, 2.75) is 37.9 Å². The topological polar surface area (TPSA) is 20.3 Å². The van der Waals surface area contributed by atoms with Gasteiger partial charge in [-0.15, -0.1) is 0 Å². The maximum absolute atomic E-state index is 10.8. The lowest BCUT2D eigenvalue weighted by Crippen LogP contribution is -2.35. The Morgan fingerprint density at radius 2 is 2.07 bits per heavy atom. The summed E-state index contributed by atoms with van der Waals surface area (Å²) in [4.78, 5) is 13.3. The minimum atomic E-state index is 0.323. The third-order valence-corrected chi connectivity index (χ3v) is 4.01. The van der Waals surface area contributed by atoms with Crippen molar-refractivity contribution in [3.63, 3.8) is 0 Å². The number of likely N-dealkylation sites (tertiary alicyclic amines) is 1. The molecular formula is C11H21NOS. The summed E-state index contributed by atoms with van der Waals surface area (Å²) in [7, 11) is 0. The molecule has 1 aliphatic rings. The van der Waals surface area contributed by atoms with Gasteiger partial charge < -0.3 is 9.69 Å². The van der Waals surface area contributed by atoms with Crippen LogP contribution in [0.5, 0.6) is 0 Å². The fourth-order valence-corrected chi connectivity index (χ4v) is 2.60. The Kier molecular flexibility index (Phi) is 5.56. The van der Waals surface area contributed by atoms with Crippen molar-refractivity contribution in [3.05, 3.63) is 0 Å². The van der Waals surface area contributed by atoms with Crippen LogP contribution in [0.25, 0.3) is 0 Å². The minimum Gasteiger partial charge on any atom is -0.303 e. The van der Waals surface area contributed by atoms with E-state index in [-0.39, 0.29) is 0 Å². The smallest absolute Gasteiger partial charge is 0.129 e. The van der Waals surface area contributed by atoms with Crippen LogP contribution in [0.15, 0.2) is 0 Å². The van der Waals surface area contributed by atoms with Crippen LogP contribution in [0.4, 0.5) is 0 Å². The Morgan fingerprint density at radius 3 is 2.57 bits per heavy atom. The van der Waals surface area contributed by atoms with Crippen molar-refractivity contribution in [3.8, 4) is 0 Å². The maximum Gasteiger partial charge on any atom is 0.129 e. The van der Waals surface area contributed by atoms with Crippen LogP contribution in [0.3, 0.4) is 0 Å². The van der Waals surface area contributed by atoms with Crippen molar-refractivity contribution in [2.75, 3.05) is 25.9 Å². The number of Topliss-reactive ketones (excluding diaryl/α,β-unsaturated/α-hetero) is 1. The quantitative estimate of drug-likeness (QED) is 0.701. The summed E-state index contributed by atoms with van der Waals surface area (Å²) in [5.41, 5.74) is 0. The van der Waals surface area contributed by atoms with Crippen molar-refractivity contribution in [1.82, 2.24) is 4.90 Å². The molecule has 1 heterocycles. The first-order chi connectivity index (χ1) is 6.72. The molecule has 1 aliphatic heterocycles. The van der Waals surface area contributed by atoms with E-state index in [1.54, 1.807) is 6.92 Å². The van der Waals surface area contributed by atoms with Crippen molar-refractivity contribution in [1.29, 1.82) is 0 Å². The molecule has 3 heteroatoms. The van der Waals surface area contributed by atoms with Gasteiger partial charge in [-0.3, -0.25) is 0 Å². The number of hydrogen-bond acceptors (Lipinski definition) is 3. The average molecular weight is 215 g/mol. The first-order valence-electron chi connectivity index (χ1n) is 5.47. The Morgan fingerprint density at radius 1 is 1.43 bits per heavy atom. The average Bonchev–Trinajstić information content (AvgIpc) is 2.18. The van der Waals surface area contributed by atoms with Crippen LogP contribution < -0.4 is 0 Å². The zero-order valence-electron chi connectivity index (χ0n) is 9.29. The van der Waals surface area contributed by atoms with E-state index >= 15 is 0 Å². The molecule has 0 bridgehead atoms. The first-order valence-corrected chi connectivity index (χ1v) is 6.75. The van der Waals surface area contributed by atoms with Crippen LogP contribution in [-0.4, -0.2) is 41.8 Å². The van der Waals surface area contributed by atoms with Crippen LogP contribution in [0.2, 0.25) is 0 Å². The molecule has 1 rings (SSSR count). The molecule has 0 radical (unpaired) electrons. The van der Waals surface area contributed by atoms with Gasteiger partial charge in [-0.1, -0.05) is 0 Å². The molecular weight excluding hydrogens is 194 g/mol. The predicted octanol–water partition coefficient (Wildman–Crippen LogP) is 2.18. The van der Waals surface area contributed by atoms with Crippen LogP contribution >= 0.6 is 11.8 Å². The molecule has 0 unspecified atom stereocenters. The number of hydrogen-bond donors (Lipinski definition) is 0. The van der Waals surface area contributed by atoms with Crippen LogP contribution in [0.1, 0.15) is 32.6 Å². The first kappa shape index (κ1) is 12.1. The summed E-state index contributed by atoms with van der Waals surface area (Å²) in [5.74, 6) is 0.323. The summed E-state index contributed by atoms with van der Waals surface area (Å²) in [6.45, 7) is 5.24. The van der Waals surface area contributed by atoms with Gasteiger partial charge in [0.15, 0.2) is 0 Å². The number of nitrogens with zero attached hydrogens (tertiary/aromatic N) is 1. The van der Waals surface area contributed by atoms with E-state index in [1.807, 2.05) is 11.8 Å². The molecule has 0 aliphatic carbocycles. The van der Waals surface area contributed by atoms with Crippen molar-refractivity contribution in [2.24, 2.45) is 0 Å². The van der Waals surface area contributed by atoms with Gasteiger partial charge in [0.25, 0.3) is 0 Å². The monoisotopic (exact) mass is 215 g/mol. The van der Waals surface area contributed by atoms with Gasteiger partial charge in [0.1, 0.15) is 5.78 Å². The molecule has 0 aromatic heterocycles. The second kappa shape index (κ2) is 6.46. The number of carbonyl (C=O) groups is 1. The number of thioether (sulfide) groups is 1. The molecule has 14 heavy (non-hydrogen) atoms. The van der Waals surface area contributed by atoms with E-state index in [4.69, 9.17) is 0 Å². The SMILES string of the molecule is CSC1CCN(CCCC(C)=O)CC1. The molecule has 0 spiro atoms. The number of rotatable bonds is 5. The Hall–Kier alpha value is -0.0200. The van der Waals surface area contributed by atoms with Gasteiger partial charge in [0.2, 0.25) is 0 Å². The molecule has 0 atom stereocenters. The highest BCUT2D eigenvalue weighted by Crippen LogP contribution is 2.20. The van der Waals surface area contributed by atoms with Crippen LogP contribution in [-0.2, 0) is 4.79 Å². The molecule has 0 saturated carbocycles. The fourth-order valence-electron chi connectivity index (χ4n) is 1.92. The van der Waals surface area contributed by atoms with Gasteiger partial charge in [-0.25, -0.2) is 0 Å². The van der Waals surface area contributed by atoms with E-state index in [1.165, 1.54) is 25.9 Å². The standard InChI is InChI=1S/C11H21NOS/c1-10(13)4-3-7-12-8-5-11(14-2)6-9-12/h11H,3-9H2,1-2H3.